The Balaban J connectivity index is 1.93. The van der Waals surface area contributed by atoms with Gasteiger partial charge in [-0.25, -0.2) is 0 Å². The van der Waals surface area contributed by atoms with E-state index in [0.29, 0.717) is 23.3 Å². The van der Waals surface area contributed by atoms with Crippen molar-refractivity contribution in [3.05, 3.63) is 33.2 Å². The number of rotatable bonds is 6. The molecule has 0 spiro atoms. The Bertz CT molecular complexity index is 964. The van der Waals surface area contributed by atoms with E-state index in [1.54, 1.807) is 19.9 Å². The van der Waals surface area contributed by atoms with Crippen LogP contribution >= 0.6 is 0 Å². The van der Waals surface area contributed by atoms with Crippen molar-refractivity contribution in [1.82, 2.24) is 0 Å². The van der Waals surface area contributed by atoms with Crippen molar-refractivity contribution in [3.63, 3.8) is 0 Å². The quantitative estimate of drug-likeness (QED) is 0.677. The Hall–Kier alpha value is -2.09. The molecule has 7 nitrogen and oxygen atoms in total. The van der Waals surface area contributed by atoms with Crippen LogP contribution in [0.4, 0.5) is 0 Å². The maximum absolute atomic E-state index is 13.3. The minimum atomic E-state index is -1.06. The fraction of sp³-hybridized carbons (Fsp3) is 0.591. The molecular weight excluding hydrogens is 376 g/mol. The van der Waals surface area contributed by atoms with Crippen LogP contribution in [0.1, 0.15) is 56.4 Å². The molecule has 1 atom stereocenters. The maximum Gasteiger partial charge on any atom is 0.200 e. The zero-order chi connectivity index (χ0) is 20.8. The van der Waals surface area contributed by atoms with Gasteiger partial charge in [0.2, 0.25) is 0 Å². The Kier molecular flexibility index (Phi) is 5.31. The van der Waals surface area contributed by atoms with E-state index in [9.17, 15) is 20.1 Å². The van der Waals surface area contributed by atoms with E-state index in [1.165, 1.54) is 0 Å². The lowest BCUT2D eigenvalue weighted by Crippen LogP contribution is -2.39. The van der Waals surface area contributed by atoms with Gasteiger partial charge >= 0.3 is 0 Å². The van der Waals surface area contributed by atoms with E-state index in [1.807, 2.05) is 0 Å². The maximum atomic E-state index is 13.3. The van der Waals surface area contributed by atoms with Crippen molar-refractivity contribution in [2.45, 2.75) is 76.8 Å². The van der Waals surface area contributed by atoms with Crippen molar-refractivity contribution in [2.24, 2.45) is 0 Å². The first kappa shape index (κ1) is 20.2. The molecule has 1 aliphatic heterocycles. The summed E-state index contributed by atoms with van der Waals surface area (Å²) in [5.74, 6) is 1.12. The number of ether oxygens (including phenoxy) is 2. The van der Waals surface area contributed by atoms with E-state index in [4.69, 9.17) is 13.9 Å². The molecule has 1 aliphatic carbocycles. The number of fused-ring (bicyclic) bond motifs is 2. The van der Waals surface area contributed by atoms with Gasteiger partial charge in [0.05, 0.1) is 11.7 Å². The Morgan fingerprint density at radius 3 is 2.59 bits per heavy atom. The molecule has 1 saturated carbocycles. The van der Waals surface area contributed by atoms with E-state index in [-0.39, 0.29) is 41.5 Å². The van der Waals surface area contributed by atoms with Gasteiger partial charge in [-0.15, -0.1) is 0 Å². The van der Waals surface area contributed by atoms with Crippen LogP contribution in [-0.2, 0) is 19.4 Å². The smallest absolute Gasteiger partial charge is 0.200 e. The molecule has 4 rings (SSSR count). The standard InChI is InChI=1S/C22H28O7/c1-22(2,26)18-9-14-15(29-18)10-16-19(21(14)27-12-5-3-4-6-12)20(25)13(7-8-23)17(11-24)28-16/h10,12,18,23-24,26H,3-9,11H2,1-2H3. The average Bonchev–Trinajstić information content (AvgIpc) is 3.32. The van der Waals surface area contributed by atoms with Gasteiger partial charge in [0, 0.05) is 36.6 Å². The molecule has 7 heteroatoms. The van der Waals surface area contributed by atoms with Crippen LogP contribution in [0.2, 0.25) is 0 Å². The van der Waals surface area contributed by atoms with E-state index in [0.717, 1.165) is 31.2 Å². The van der Waals surface area contributed by atoms with Gasteiger partial charge < -0.3 is 29.2 Å². The van der Waals surface area contributed by atoms with Crippen LogP contribution < -0.4 is 14.9 Å². The topological polar surface area (TPSA) is 109 Å². The highest BCUT2D eigenvalue weighted by Gasteiger charge is 2.38. The number of benzene rings is 1. The predicted molar refractivity (Wildman–Crippen MR) is 106 cm³/mol. The van der Waals surface area contributed by atoms with Gasteiger partial charge in [0.1, 0.15) is 40.9 Å². The first-order valence-corrected chi connectivity index (χ1v) is 10.2. The summed E-state index contributed by atoms with van der Waals surface area (Å²) in [4.78, 5) is 13.3. The molecule has 0 radical (unpaired) electrons. The first-order chi connectivity index (χ1) is 13.8. The van der Waals surface area contributed by atoms with Gasteiger partial charge in [0.25, 0.3) is 0 Å². The molecule has 0 bridgehead atoms. The molecular formula is C22H28O7. The van der Waals surface area contributed by atoms with Crippen LogP contribution in [-0.4, -0.2) is 39.7 Å². The lowest BCUT2D eigenvalue weighted by atomic mass is 9.95. The zero-order valence-corrected chi connectivity index (χ0v) is 16.9. The monoisotopic (exact) mass is 404 g/mol. The summed E-state index contributed by atoms with van der Waals surface area (Å²) < 4.78 is 18.2. The molecule has 1 fully saturated rings. The van der Waals surface area contributed by atoms with Gasteiger partial charge in [-0.2, -0.15) is 0 Å². The minimum Gasteiger partial charge on any atom is -0.489 e. The molecule has 0 amide bonds. The highest BCUT2D eigenvalue weighted by atomic mass is 16.5. The van der Waals surface area contributed by atoms with Gasteiger partial charge in [-0.05, 0) is 39.5 Å². The largest absolute Gasteiger partial charge is 0.489 e. The Morgan fingerprint density at radius 2 is 1.97 bits per heavy atom. The van der Waals surface area contributed by atoms with Gasteiger partial charge in [0.15, 0.2) is 5.43 Å². The normalized spacial score (nSPS) is 19.6. The van der Waals surface area contributed by atoms with Gasteiger partial charge in [-0.1, -0.05) is 0 Å². The molecule has 1 unspecified atom stereocenters. The van der Waals surface area contributed by atoms with Crippen LogP contribution in [0.15, 0.2) is 15.3 Å². The number of aliphatic hydroxyl groups excluding tert-OH is 2. The highest BCUT2D eigenvalue weighted by molar-refractivity contribution is 5.88. The number of hydrogen-bond acceptors (Lipinski definition) is 7. The van der Waals surface area contributed by atoms with Crippen molar-refractivity contribution in [1.29, 1.82) is 0 Å². The molecule has 1 aromatic heterocycles. The van der Waals surface area contributed by atoms with Crippen LogP contribution in [0.3, 0.4) is 0 Å². The first-order valence-electron chi connectivity index (χ1n) is 10.2. The Morgan fingerprint density at radius 1 is 1.24 bits per heavy atom. The third kappa shape index (κ3) is 3.63. The van der Waals surface area contributed by atoms with Crippen LogP contribution in [0.25, 0.3) is 11.0 Å². The fourth-order valence-electron chi connectivity index (χ4n) is 4.29. The van der Waals surface area contributed by atoms with E-state index < -0.39 is 18.3 Å². The van der Waals surface area contributed by atoms with Crippen molar-refractivity contribution >= 4 is 11.0 Å². The zero-order valence-electron chi connectivity index (χ0n) is 16.9. The molecule has 158 valence electrons. The summed E-state index contributed by atoms with van der Waals surface area (Å²) in [6.07, 6.45) is 4.08. The van der Waals surface area contributed by atoms with E-state index in [2.05, 4.69) is 0 Å². The Labute approximate surface area is 168 Å². The third-order valence-electron chi connectivity index (χ3n) is 5.92. The summed E-state index contributed by atoms with van der Waals surface area (Å²) in [5, 5.41) is 29.8. The van der Waals surface area contributed by atoms with Crippen LogP contribution in [0, 0.1) is 0 Å². The van der Waals surface area contributed by atoms with Gasteiger partial charge in [-0.3, -0.25) is 4.79 Å². The number of aliphatic hydroxyl groups is 3. The molecule has 0 saturated heterocycles. The van der Waals surface area contributed by atoms with Crippen LogP contribution in [0.5, 0.6) is 11.5 Å². The summed E-state index contributed by atoms with van der Waals surface area (Å²) in [7, 11) is 0. The molecule has 2 aliphatic rings. The van der Waals surface area contributed by atoms with Crippen molar-refractivity contribution < 1.29 is 29.2 Å². The fourth-order valence-corrected chi connectivity index (χ4v) is 4.29. The second-order valence-electron chi connectivity index (χ2n) is 8.51. The summed E-state index contributed by atoms with van der Waals surface area (Å²) in [5.41, 5.74) is -0.0612. The average molecular weight is 404 g/mol. The molecule has 2 heterocycles. The van der Waals surface area contributed by atoms with Crippen molar-refractivity contribution in [3.8, 4) is 11.5 Å². The molecule has 1 aromatic carbocycles. The second kappa shape index (κ2) is 7.63. The lowest BCUT2D eigenvalue weighted by molar-refractivity contribution is -0.0229. The lowest BCUT2D eigenvalue weighted by Gasteiger charge is -2.24. The number of hydrogen-bond donors (Lipinski definition) is 3. The predicted octanol–water partition coefficient (Wildman–Crippen LogP) is 2.22. The molecule has 29 heavy (non-hydrogen) atoms. The summed E-state index contributed by atoms with van der Waals surface area (Å²) in [6.45, 7) is 2.71. The molecule has 3 N–H and O–H groups in total. The summed E-state index contributed by atoms with van der Waals surface area (Å²) >= 11 is 0. The summed E-state index contributed by atoms with van der Waals surface area (Å²) in [6, 6.07) is 1.64. The SMILES string of the molecule is CC(C)(O)C1Cc2c(cc3oc(CO)c(CCO)c(=O)c3c2OC2CCCC2)O1. The minimum absolute atomic E-state index is 0.0177. The second-order valence-corrected chi connectivity index (χ2v) is 8.51. The highest BCUT2D eigenvalue weighted by Crippen LogP contribution is 2.44. The molecule has 2 aromatic rings. The van der Waals surface area contributed by atoms with E-state index >= 15 is 0 Å². The van der Waals surface area contributed by atoms with Crippen molar-refractivity contribution in [2.75, 3.05) is 6.61 Å². The third-order valence-corrected chi connectivity index (χ3v) is 5.92.